The summed E-state index contributed by atoms with van der Waals surface area (Å²) in [6.45, 7) is 13.8. The zero-order valence-corrected chi connectivity index (χ0v) is 19.9. The van der Waals surface area contributed by atoms with Crippen molar-refractivity contribution >= 4 is 11.1 Å². The number of aryl methyl sites for hydroxylation is 2. The van der Waals surface area contributed by atoms with Gasteiger partial charge >= 0.3 is 0 Å². The third-order valence-corrected chi connectivity index (χ3v) is 4.76. The average molecular weight is 402 g/mol. The summed E-state index contributed by atoms with van der Waals surface area (Å²) in [7, 11) is 1.96. The molecule has 160 valence electrons. The Morgan fingerprint density at radius 3 is 1.43 bits per heavy atom. The van der Waals surface area contributed by atoms with E-state index in [1.807, 2.05) is 20.9 Å². The third-order valence-electron chi connectivity index (χ3n) is 4.76. The minimum absolute atomic E-state index is 1.14. The number of benzene rings is 3. The van der Waals surface area contributed by atoms with E-state index in [0.717, 1.165) is 6.54 Å². The summed E-state index contributed by atoms with van der Waals surface area (Å²) >= 11 is 0. The van der Waals surface area contributed by atoms with Gasteiger partial charge in [-0.15, -0.1) is 0 Å². The normalized spacial score (nSPS) is 9.57. The summed E-state index contributed by atoms with van der Waals surface area (Å²) in [4.78, 5) is 0. The Labute approximate surface area is 184 Å². The maximum absolute atomic E-state index is 3.02. The van der Waals surface area contributed by atoms with Gasteiger partial charge in [-0.2, -0.15) is 0 Å². The molecule has 1 N–H and O–H groups in total. The van der Waals surface area contributed by atoms with E-state index in [0.29, 0.717) is 0 Å². The molecule has 0 aliphatic rings. The molecule has 1 heteroatoms. The van der Waals surface area contributed by atoms with Gasteiger partial charge in [-0.1, -0.05) is 111 Å². The van der Waals surface area contributed by atoms with E-state index in [1.165, 1.54) is 45.4 Å². The van der Waals surface area contributed by atoms with Gasteiger partial charge in [0.05, 0.1) is 0 Å². The fourth-order valence-electron chi connectivity index (χ4n) is 3.12. The van der Waals surface area contributed by atoms with Crippen molar-refractivity contribution in [3.8, 4) is 0 Å². The molecule has 0 bridgehead atoms. The fraction of sp³-hybridized carbons (Fsp3) is 0.310. The largest absolute Gasteiger partial charge is 0.320 e. The first kappa shape index (κ1) is 25.4. The highest BCUT2D eigenvalue weighted by Gasteiger charge is 2.10. The van der Waals surface area contributed by atoms with Crippen molar-refractivity contribution in [3.05, 3.63) is 107 Å². The van der Waals surface area contributed by atoms with E-state index < -0.39 is 0 Å². The van der Waals surface area contributed by atoms with Crippen LogP contribution in [0.3, 0.4) is 0 Å². The van der Waals surface area contributed by atoms with E-state index in [2.05, 4.69) is 112 Å². The van der Waals surface area contributed by atoms with Crippen molar-refractivity contribution in [1.82, 2.24) is 5.32 Å². The zero-order chi connectivity index (χ0) is 22.4. The van der Waals surface area contributed by atoms with Gasteiger partial charge in [0.1, 0.15) is 0 Å². The van der Waals surface area contributed by atoms with Gasteiger partial charge in [0.25, 0.3) is 0 Å². The molecule has 0 saturated heterocycles. The van der Waals surface area contributed by atoms with Gasteiger partial charge in [0, 0.05) is 0 Å². The lowest BCUT2D eigenvalue weighted by molar-refractivity contribution is 0.772. The van der Waals surface area contributed by atoms with Gasteiger partial charge in [-0.3, -0.25) is 0 Å². The Morgan fingerprint density at radius 2 is 1.10 bits per heavy atom. The standard InChI is InChI=1S/C23H22.C4H11N.C2H6/c1-17-9-13-21(14-10-17)23(22-15-11-18(2)12-16-22)19(3)20-7-5-4-6-8-20;1-3-4-5-2;1-2/h4-16H,1-3H3;5H,3-4H2,1-2H3;1-2H3. The molecule has 1 nitrogen and oxygen atoms in total. The van der Waals surface area contributed by atoms with Crippen LogP contribution in [0.5, 0.6) is 0 Å². The van der Waals surface area contributed by atoms with Crippen LogP contribution in [0.15, 0.2) is 78.9 Å². The van der Waals surface area contributed by atoms with Crippen molar-refractivity contribution in [3.63, 3.8) is 0 Å². The zero-order valence-electron chi connectivity index (χ0n) is 19.9. The molecule has 0 fully saturated rings. The monoisotopic (exact) mass is 401 g/mol. The Kier molecular flexibility index (Phi) is 12.2. The fourth-order valence-corrected chi connectivity index (χ4v) is 3.12. The Bertz CT molecular complexity index is 807. The first-order valence-electron chi connectivity index (χ1n) is 11.1. The molecule has 0 aliphatic heterocycles. The van der Waals surface area contributed by atoms with Crippen molar-refractivity contribution in [2.75, 3.05) is 13.6 Å². The van der Waals surface area contributed by atoms with Crippen LogP contribution in [-0.2, 0) is 0 Å². The van der Waals surface area contributed by atoms with Crippen molar-refractivity contribution in [2.24, 2.45) is 0 Å². The Morgan fingerprint density at radius 1 is 0.667 bits per heavy atom. The summed E-state index contributed by atoms with van der Waals surface area (Å²) in [5.41, 5.74) is 8.98. The molecule has 0 heterocycles. The summed E-state index contributed by atoms with van der Waals surface area (Å²) in [5.74, 6) is 0. The maximum atomic E-state index is 3.02. The number of nitrogens with one attached hydrogen (secondary N) is 1. The number of hydrogen-bond acceptors (Lipinski definition) is 1. The van der Waals surface area contributed by atoms with Gasteiger partial charge < -0.3 is 5.32 Å². The molecule has 3 aromatic rings. The lowest BCUT2D eigenvalue weighted by atomic mass is 9.90. The van der Waals surface area contributed by atoms with Gasteiger partial charge in [-0.25, -0.2) is 0 Å². The van der Waals surface area contributed by atoms with Crippen LogP contribution in [-0.4, -0.2) is 13.6 Å². The molecule has 30 heavy (non-hydrogen) atoms. The molecule has 0 saturated carbocycles. The van der Waals surface area contributed by atoms with Gasteiger partial charge in [0.15, 0.2) is 0 Å². The summed E-state index contributed by atoms with van der Waals surface area (Å²) in [5, 5.41) is 3.02. The van der Waals surface area contributed by atoms with E-state index in [9.17, 15) is 0 Å². The van der Waals surface area contributed by atoms with Crippen LogP contribution >= 0.6 is 0 Å². The maximum Gasteiger partial charge on any atom is -0.00546 e. The number of rotatable bonds is 5. The third kappa shape index (κ3) is 8.00. The van der Waals surface area contributed by atoms with E-state index in [1.54, 1.807) is 0 Å². The number of hydrogen-bond donors (Lipinski definition) is 1. The Balaban J connectivity index is 0.000000565. The quantitative estimate of drug-likeness (QED) is 0.428. The molecule has 3 aromatic carbocycles. The van der Waals surface area contributed by atoms with Crippen LogP contribution in [0, 0.1) is 13.8 Å². The highest BCUT2D eigenvalue weighted by molar-refractivity contribution is 5.97. The van der Waals surface area contributed by atoms with Gasteiger partial charge in [-0.05, 0) is 68.6 Å². The van der Waals surface area contributed by atoms with Crippen molar-refractivity contribution < 1.29 is 0 Å². The minimum atomic E-state index is 1.14. The molecule has 0 aromatic heterocycles. The molecule has 0 unspecified atom stereocenters. The lowest BCUT2D eigenvalue weighted by Crippen LogP contribution is -2.04. The van der Waals surface area contributed by atoms with E-state index >= 15 is 0 Å². The predicted octanol–water partition coefficient (Wildman–Crippen LogP) is 7.92. The first-order valence-corrected chi connectivity index (χ1v) is 11.1. The second kappa shape index (κ2) is 14.4. The molecule has 0 radical (unpaired) electrons. The smallest absolute Gasteiger partial charge is 0.00546 e. The van der Waals surface area contributed by atoms with E-state index in [4.69, 9.17) is 0 Å². The minimum Gasteiger partial charge on any atom is -0.320 e. The van der Waals surface area contributed by atoms with E-state index in [-0.39, 0.29) is 0 Å². The van der Waals surface area contributed by atoms with Crippen molar-refractivity contribution in [1.29, 1.82) is 0 Å². The van der Waals surface area contributed by atoms with Crippen LogP contribution in [0.1, 0.15) is 61.9 Å². The molecule has 0 atom stereocenters. The summed E-state index contributed by atoms with van der Waals surface area (Å²) in [6, 6.07) is 28.2. The molecular weight excluding hydrogens is 362 g/mol. The first-order chi connectivity index (χ1) is 14.6. The van der Waals surface area contributed by atoms with Gasteiger partial charge in [0.2, 0.25) is 0 Å². The summed E-state index contributed by atoms with van der Waals surface area (Å²) in [6.07, 6.45) is 1.23. The number of allylic oxidation sites excluding steroid dienone is 1. The average Bonchev–Trinajstić information content (AvgIpc) is 2.79. The highest BCUT2D eigenvalue weighted by atomic mass is 14.8. The van der Waals surface area contributed by atoms with Crippen LogP contribution < -0.4 is 5.32 Å². The van der Waals surface area contributed by atoms with Crippen LogP contribution in [0.25, 0.3) is 11.1 Å². The van der Waals surface area contributed by atoms with Crippen LogP contribution in [0.2, 0.25) is 0 Å². The predicted molar refractivity (Wildman–Crippen MR) is 136 cm³/mol. The van der Waals surface area contributed by atoms with Crippen LogP contribution in [0.4, 0.5) is 0 Å². The second-order valence-electron chi connectivity index (χ2n) is 7.20. The topological polar surface area (TPSA) is 12.0 Å². The molecule has 0 spiro atoms. The van der Waals surface area contributed by atoms with Crippen molar-refractivity contribution in [2.45, 2.75) is 48.0 Å². The molecule has 0 aliphatic carbocycles. The summed E-state index contributed by atoms with van der Waals surface area (Å²) < 4.78 is 0. The SMILES string of the molecule is CC.CC(=C(c1ccc(C)cc1)c1ccc(C)cc1)c1ccccc1.CCCNC. The second-order valence-corrected chi connectivity index (χ2v) is 7.20. The highest BCUT2D eigenvalue weighted by Crippen LogP contribution is 2.32. The Hall–Kier alpha value is -2.64. The lowest BCUT2D eigenvalue weighted by Gasteiger charge is -2.15. The molecular formula is C29H39N. The molecule has 0 amide bonds. The molecule has 3 rings (SSSR count).